The number of rotatable bonds is 5. The van der Waals surface area contributed by atoms with Crippen molar-refractivity contribution in [3.63, 3.8) is 0 Å². The molecule has 0 radical (unpaired) electrons. The maximum atomic E-state index is 3.64. The maximum absolute atomic E-state index is 3.64. The predicted molar refractivity (Wildman–Crippen MR) is 77.8 cm³/mol. The summed E-state index contributed by atoms with van der Waals surface area (Å²) < 4.78 is 0. The van der Waals surface area contributed by atoms with E-state index in [1.54, 1.807) is 0 Å². The fourth-order valence-electron chi connectivity index (χ4n) is 2.77. The summed E-state index contributed by atoms with van der Waals surface area (Å²) in [6, 6.07) is 9.57. The Morgan fingerprint density at radius 2 is 2.22 bits per heavy atom. The van der Waals surface area contributed by atoms with Gasteiger partial charge in [-0.1, -0.05) is 43.2 Å². The van der Waals surface area contributed by atoms with Gasteiger partial charge in [-0.05, 0) is 38.4 Å². The minimum atomic E-state index is 0.698. The van der Waals surface area contributed by atoms with E-state index in [1.807, 2.05) is 0 Å². The monoisotopic (exact) mass is 246 g/mol. The van der Waals surface area contributed by atoms with Gasteiger partial charge in [-0.3, -0.25) is 4.90 Å². The largest absolute Gasteiger partial charge is 0.313 e. The third kappa shape index (κ3) is 4.11. The number of hydrogen-bond acceptors (Lipinski definition) is 2. The van der Waals surface area contributed by atoms with Gasteiger partial charge in [0.25, 0.3) is 0 Å². The van der Waals surface area contributed by atoms with Gasteiger partial charge in [0.05, 0.1) is 0 Å². The molecule has 100 valence electrons. The summed E-state index contributed by atoms with van der Waals surface area (Å²) in [5.41, 5.74) is 2.80. The van der Waals surface area contributed by atoms with Crippen molar-refractivity contribution in [3.05, 3.63) is 35.4 Å². The highest BCUT2D eigenvalue weighted by molar-refractivity contribution is 5.22. The van der Waals surface area contributed by atoms with Crippen LogP contribution in [-0.4, -0.2) is 30.6 Å². The van der Waals surface area contributed by atoms with Gasteiger partial charge in [-0.25, -0.2) is 0 Å². The summed E-state index contributed by atoms with van der Waals surface area (Å²) in [6.45, 7) is 9.03. The molecule has 2 rings (SSSR count). The van der Waals surface area contributed by atoms with Gasteiger partial charge in [0, 0.05) is 19.1 Å². The molecule has 0 saturated carbocycles. The maximum Gasteiger partial charge on any atom is 0.0234 e. The third-order valence-electron chi connectivity index (χ3n) is 3.83. The lowest BCUT2D eigenvalue weighted by Crippen LogP contribution is -2.43. The van der Waals surface area contributed by atoms with Crippen molar-refractivity contribution in [1.82, 2.24) is 10.2 Å². The zero-order valence-corrected chi connectivity index (χ0v) is 11.8. The Hall–Kier alpha value is -0.860. The summed E-state index contributed by atoms with van der Waals surface area (Å²) in [7, 11) is 0. The Kier molecular flexibility index (Phi) is 5.21. The number of nitrogens with zero attached hydrogens (tertiary/aromatic N) is 1. The number of hydrogen-bond donors (Lipinski definition) is 1. The number of piperidine rings is 1. The second-order valence-electron chi connectivity index (χ2n) is 5.46. The first kappa shape index (κ1) is 13.6. The molecule has 1 unspecified atom stereocenters. The lowest BCUT2D eigenvalue weighted by molar-refractivity contribution is 0.226. The molecule has 1 atom stereocenters. The van der Waals surface area contributed by atoms with E-state index < -0.39 is 0 Å². The molecule has 0 amide bonds. The Morgan fingerprint density at radius 3 is 2.89 bits per heavy atom. The van der Waals surface area contributed by atoms with Gasteiger partial charge in [-0.2, -0.15) is 0 Å². The van der Waals surface area contributed by atoms with E-state index in [4.69, 9.17) is 0 Å². The lowest BCUT2D eigenvalue weighted by Gasteiger charge is -2.30. The number of benzene rings is 1. The molecule has 1 fully saturated rings. The van der Waals surface area contributed by atoms with Crippen LogP contribution in [0.5, 0.6) is 0 Å². The topological polar surface area (TPSA) is 15.3 Å². The highest BCUT2D eigenvalue weighted by atomic mass is 15.1. The van der Waals surface area contributed by atoms with E-state index >= 15 is 0 Å². The van der Waals surface area contributed by atoms with Gasteiger partial charge in [0.15, 0.2) is 0 Å². The molecule has 0 bridgehead atoms. The van der Waals surface area contributed by atoms with Crippen molar-refractivity contribution in [2.24, 2.45) is 0 Å². The molecule has 0 aliphatic carbocycles. The van der Waals surface area contributed by atoms with Crippen LogP contribution in [0.25, 0.3) is 0 Å². The average Bonchev–Trinajstić information content (AvgIpc) is 2.39. The molecule has 1 aliphatic heterocycles. The SMILES string of the molecule is CCN(Cc1cccc(C)c1)CC1CCCCN1. The lowest BCUT2D eigenvalue weighted by atomic mass is 10.0. The molecule has 0 aromatic heterocycles. The first-order valence-corrected chi connectivity index (χ1v) is 7.29. The Bertz CT molecular complexity index is 356. The van der Waals surface area contributed by atoms with Gasteiger partial charge in [0.1, 0.15) is 0 Å². The van der Waals surface area contributed by atoms with E-state index in [0.29, 0.717) is 6.04 Å². The number of nitrogens with one attached hydrogen (secondary N) is 1. The van der Waals surface area contributed by atoms with Crippen molar-refractivity contribution >= 4 is 0 Å². The van der Waals surface area contributed by atoms with E-state index in [-0.39, 0.29) is 0 Å². The van der Waals surface area contributed by atoms with E-state index in [0.717, 1.165) is 13.1 Å². The van der Waals surface area contributed by atoms with E-state index in [9.17, 15) is 0 Å². The zero-order valence-electron chi connectivity index (χ0n) is 11.8. The summed E-state index contributed by atoms with van der Waals surface area (Å²) in [4.78, 5) is 2.55. The normalized spacial score (nSPS) is 20.3. The highest BCUT2D eigenvalue weighted by Crippen LogP contribution is 2.12. The highest BCUT2D eigenvalue weighted by Gasteiger charge is 2.15. The fraction of sp³-hybridized carbons (Fsp3) is 0.625. The van der Waals surface area contributed by atoms with E-state index in [1.165, 1.54) is 43.5 Å². The van der Waals surface area contributed by atoms with Gasteiger partial charge < -0.3 is 5.32 Å². The minimum Gasteiger partial charge on any atom is -0.313 e. The Labute approximate surface area is 111 Å². The minimum absolute atomic E-state index is 0.698. The molecular weight excluding hydrogens is 220 g/mol. The molecule has 2 heteroatoms. The molecule has 1 aromatic rings. The molecule has 1 aromatic carbocycles. The molecule has 18 heavy (non-hydrogen) atoms. The van der Waals surface area contributed by atoms with Gasteiger partial charge >= 0.3 is 0 Å². The van der Waals surface area contributed by atoms with Crippen LogP contribution in [0.4, 0.5) is 0 Å². The van der Waals surface area contributed by atoms with Crippen LogP contribution < -0.4 is 5.32 Å². The Morgan fingerprint density at radius 1 is 1.33 bits per heavy atom. The first-order chi connectivity index (χ1) is 8.78. The summed E-state index contributed by atoms with van der Waals surface area (Å²) in [5, 5.41) is 3.64. The van der Waals surface area contributed by atoms with Gasteiger partial charge in [-0.15, -0.1) is 0 Å². The standard InChI is InChI=1S/C16H26N2/c1-3-18(13-16-9-4-5-10-17-16)12-15-8-6-7-14(2)11-15/h6-8,11,16-17H,3-5,9-10,12-13H2,1-2H3. The van der Waals surface area contributed by atoms with E-state index in [2.05, 4.69) is 48.3 Å². The molecule has 1 saturated heterocycles. The predicted octanol–water partition coefficient (Wildman–Crippen LogP) is 2.96. The molecular formula is C16H26N2. The quantitative estimate of drug-likeness (QED) is 0.859. The van der Waals surface area contributed by atoms with Crippen LogP contribution >= 0.6 is 0 Å². The molecule has 1 heterocycles. The molecule has 0 spiro atoms. The van der Waals surface area contributed by atoms with Crippen LogP contribution in [0.2, 0.25) is 0 Å². The second-order valence-corrected chi connectivity index (χ2v) is 5.46. The van der Waals surface area contributed by atoms with Crippen LogP contribution in [0.3, 0.4) is 0 Å². The number of aryl methyl sites for hydroxylation is 1. The van der Waals surface area contributed by atoms with Crippen LogP contribution in [0.1, 0.15) is 37.3 Å². The molecule has 1 N–H and O–H groups in total. The van der Waals surface area contributed by atoms with Crippen molar-refractivity contribution in [1.29, 1.82) is 0 Å². The Balaban J connectivity index is 1.88. The summed E-state index contributed by atoms with van der Waals surface area (Å²) in [6.07, 6.45) is 4.07. The third-order valence-corrected chi connectivity index (χ3v) is 3.83. The average molecular weight is 246 g/mol. The van der Waals surface area contributed by atoms with Crippen LogP contribution in [0, 0.1) is 6.92 Å². The van der Waals surface area contributed by atoms with Crippen molar-refractivity contribution in [2.75, 3.05) is 19.6 Å². The summed E-state index contributed by atoms with van der Waals surface area (Å²) in [5.74, 6) is 0. The zero-order chi connectivity index (χ0) is 12.8. The van der Waals surface area contributed by atoms with Crippen molar-refractivity contribution in [2.45, 2.75) is 45.7 Å². The number of likely N-dealkylation sites (N-methyl/N-ethyl adjacent to an activating group) is 1. The molecule has 1 aliphatic rings. The van der Waals surface area contributed by atoms with Crippen LogP contribution in [0.15, 0.2) is 24.3 Å². The fourth-order valence-corrected chi connectivity index (χ4v) is 2.77. The smallest absolute Gasteiger partial charge is 0.0234 e. The van der Waals surface area contributed by atoms with Crippen molar-refractivity contribution in [3.8, 4) is 0 Å². The molecule has 2 nitrogen and oxygen atoms in total. The summed E-state index contributed by atoms with van der Waals surface area (Å²) >= 11 is 0. The van der Waals surface area contributed by atoms with Crippen LogP contribution in [-0.2, 0) is 6.54 Å². The van der Waals surface area contributed by atoms with Gasteiger partial charge in [0.2, 0.25) is 0 Å². The second kappa shape index (κ2) is 6.91. The first-order valence-electron chi connectivity index (χ1n) is 7.29. The van der Waals surface area contributed by atoms with Crippen molar-refractivity contribution < 1.29 is 0 Å².